The number of hydrogen-bond acceptors (Lipinski definition) is 3. The van der Waals surface area contributed by atoms with Crippen LogP contribution in [0.15, 0.2) is 59.0 Å². The lowest BCUT2D eigenvalue weighted by Crippen LogP contribution is -2.29. The number of fused-ring (bicyclic) bond motifs is 1. The minimum Gasteiger partial charge on any atom is -0.496 e. The average molecular weight is 309 g/mol. The molecule has 0 aliphatic heterocycles. The number of rotatable bonds is 4. The predicted molar refractivity (Wildman–Crippen MR) is 89.7 cm³/mol. The van der Waals surface area contributed by atoms with E-state index < -0.39 is 0 Å². The van der Waals surface area contributed by atoms with Crippen LogP contribution in [0.25, 0.3) is 11.0 Å². The van der Waals surface area contributed by atoms with Crippen LogP contribution in [0.4, 0.5) is 0 Å². The van der Waals surface area contributed by atoms with Gasteiger partial charge in [0.1, 0.15) is 17.1 Å². The fourth-order valence-electron chi connectivity index (χ4n) is 2.59. The van der Waals surface area contributed by atoms with E-state index >= 15 is 0 Å². The Labute approximate surface area is 135 Å². The van der Waals surface area contributed by atoms with Crippen molar-refractivity contribution in [3.63, 3.8) is 0 Å². The SMILES string of the molecule is COc1ccccc1C(=O)N(C)C(C)c1cc2ccccc2o1. The maximum Gasteiger partial charge on any atom is 0.257 e. The van der Waals surface area contributed by atoms with E-state index in [1.165, 1.54) is 0 Å². The minimum absolute atomic E-state index is 0.101. The van der Waals surface area contributed by atoms with Gasteiger partial charge in [-0.2, -0.15) is 0 Å². The van der Waals surface area contributed by atoms with Crippen molar-refractivity contribution >= 4 is 16.9 Å². The lowest BCUT2D eigenvalue weighted by molar-refractivity contribution is 0.0724. The van der Waals surface area contributed by atoms with Gasteiger partial charge in [0.2, 0.25) is 0 Å². The first-order valence-electron chi connectivity index (χ1n) is 7.50. The first kappa shape index (κ1) is 15.2. The normalized spacial score (nSPS) is 12.1. The molecule has 0 radical (unpaired) electrons. The molecule has 23 heavy (non-hydrogen) atoms. The largest absolute Gasteiger partial charge is 0.496 e. The molecule has 0 bridgehead atoms. The second-order valence-corrected chi connectivity index (χ2v) is 5.48. The van der Waals surface area contributed by atoms with E-state index in [1.54, 1.807) is 31.2 Å². The molecule has 118 valence electrons. The summed E-state index contributed by atoms with van der Waals surface area (Å²) in [6.45, 7) is 1.95. The van der Waals surface area contributed by atoms with Gasteiger partial charge < -0.3 is 14.1 Å². The molecule has 2 aromatic carbocycles. The molecule has 1 amide bonds. The molecule has 4 nitrogen and oxygen atoms in total. The van der Waals surface area contributed by atoms with Crippen molar-refractivity contribution in [2.24, 2.45) is 0 Å². The molecule has 0 aliphatic rings. The van der Waals surface area contributed by atoms with Crippen LogP contribution in [0.1, 0.15) is 29.1 Å². The average Bonchev–Trinajstić information content (AvgIpc) is 3.03. The van der Waals surface area contributed by atoms with Crippen LogP contribution in [0.5, 0.6) is 5.75 Å². The third-order valence-corrected chi connectivity index (χ3v) is 4.10. The number of amides is 1. The van der Waals surface area contributed by atoms with Crippen molar-refractivity contribution in [3.8, 4) is 5.75 Å². The number of furan rings is 1. The zero-order chi connectivity index (χ0) is 16.4. The van der Waals surface area contributed by atoms with Crippen molar-refractivity contribution in [1.82, 2.24) is 4.90 Å². The molecular weight excluding hydrogens is 290 g/mol. The number of carbonyl (C=O) groups excluding carboxylic acids is 1. The summed E-state index contributed by atoms with van der Waals surface area (Å²) in [7, 11) is 3.33. The van der Waals surface area contributed by atoms with Gasteiger partial charge in [-0.15, -0.1) is 0 Å². The lowest BCUT2D eigenvalue weighted by Gasteiger charge is -2.24. The Morgan fingerprint density at radius 3 is 2.57 bits per heavy atom. The molecule has 0 saturated heterocycles. The summed E-state index contributed by atoms with van der Waals surface area (Å²) in [4.78, 5) is 14.4. The second-order valence-electron chi connectivity index (χ2n) is 5.48. The molecule has 3 rings (SSSR count). The summed E-state index contributed by atoms with van der Waals surface area (Å²) in [5.74, 6) is 1.23. The predicted octanol–water partition coefficient (Wildman–Crippen LogP) is 4.27. The summed E-state index contributed by atoms with van der Waals surface area (Å²) >= 11 is 0. The number of nitrogens with zero attached hydrogens (tertiary/aromatic N) is 1. The van der Waals surface area contributed by atoms with Gasteiger partial charge in [0.05, 0.1) is 18.7 Å². The monoisotopic (exact) mass is 309 g/mol. The van der Waals surface area contributed by atoms with E-state index in [9.17, 15) is 4.79 Å². The number of methoxy groups -OCH3 is 1. The first-order valence-corrected chi connectivity index (χ1v) is 7.50. The highest BCUT2D eigenvalue weighted by molar-refractivity contribution is 5.97. The van der Waals surface area contributed by atoms with Crippen LogP contribution >= 0.6 is 0 Å². The van der Waals surface area contributed by atoms with Gasteiger partial charge in [-0.25, -0.2) is 0 Å². The maximum absolute atomic E-state index is 12.8. The van der Waals surface area contributed by atoms with Crippen molar-refractivity contribution in [3.05, 3.63) is 65.9 Å². The van der Waals surface area contributed by atoms with Gasteiger partial charge >= 0.3 is 0 Å². The standard InChI is InChI=1S/C19H19NO3/c1-13(18-12-14-8-4-6-10-16(14)23-18)20(2)19(21)15-9-5-7-11-17(15)22-3/h4-13H,1-3H3. The van der Waals surface area contributed by atoms with Gasteiger partial charge in [-0.1, -0.05) is 30.3 Å². The van der Waals surface area contributed by atoms with Crippen LogP contribution in [0, 0.1) is 0 Å². The number of para-hydroxylation sites is 2. The van der Waals surface area contributed by atoms with E-state index in [4.69, 9.17) is 9.15 Å². The minimum atomic E-state index is -0.181. The molecule has 1 atom stereocenters. The Balaban J connectivity index is 1.89. The quantitative estimate of drug-likeness (QED) is 0.722. The molecular formula is C19H19NO3. The summed E-state index contributed by atoms with van der Waals surface area (Å²) in [5.41, 5.74) is 1.37. The molecule has 0 spiro atoms. The smallest absolute Gasteiger partial charge is 0.257 e. The fourth-order valence-corrected chi connectivity index (χ4v) is 2.59. The van der Waals surface area contributed by atoms with Crippen LogP contribution in [-0.2, 0) is 0 Å². The van der Waals surface area contributed by atoms with Crippen LogP contribution in [-0.4, -0.2) is 25.0 Å². The summed E-state index contributed by atoms with van der Waals surface area (Å²) in [5, 5.41) is 1.03. The molecule has 0 N–H and O–H groups in total. The molecule has 1 unspecified atom stereocenters. The van der Waals surface area contributed by atoms with Gasteiger partial charge in [0.15, 0.2) is 0 Å². The third-order valence-electron chi connectivity index (χ3n) is 4.10. The Bertz CT molecular complexity index is 804. The molecule has 0 aliphatic carbocycles. The Hall–Kier alpha value is -2.75. The third kappa shape index (κ3) is 2.80. The van der Waals surface area contributed by atoms with Crippen LogP contribution in [0.3, 0.4) is 0 Å². The number of ether oxygens (including phenoxy) is 1. The summed E-state index contributed by atoms with van der Waals surface area (Å²) in [6.07, 6.45) is 0. The first-order chi connectivity index (χ1) is 11.1. The lowest BCUT2D eigenvalue weighted by atomic mass is 10.1. The van der Waals surface area contributed by atoms with Gasteiger partial charge in [-0.05, 0) is 31.2 Å². The topological polar surface area (TPSA) is 42.7 Å². The molecule has 4 heteroatoms. The van der Waals surface area contributed by atoms with Crippen molar-refractivity contribution in [2.45, 2.75) is 13.0 Å². The zero-order valence-electron chi connectivity index (χ0n) is 13.4. The van der Waals surface area contributed by atoms with Crippen molar-refractivity contribution in [1.29, 1.82) is 0 Å². The van der Waals surface area contributed by atoms with Crippen molar-refractivity contribution < 1.29 is 13.9 Å². The molecule has 0 saturated carbocycles. The summed E-state index contributed by atoms with van der Waals surface area (Å²) in [6, 6.07) is 16.8. The molecule has 1 aromatic heterocycles. The number of benzene rings is 2. The van der Waals surface area contributed by atoms with Gasteiger partial charge in [0.25, 0.3) is 5.91 Å². The Morgan fingerprint density at radius 2 is 1.83 bits per heavy atom. The molecule has 1 heterocycles. The summed E-state index contributed by atoms with van der Waals surface area (Å²) < 4.78 is 11.1. The maximum atomic E-state index is 12.8. The molecule has 3 aromatic rings. The van der Waals surface area contributed by atoms with Crippen molar-refractivity contribution in [2.75, 3.05) is 14.2 Å². The Morgan fingerprint density at radius 1 is 1.13 bits per heavy atom. The fraction of sp³-hybridized carbons (Fsp3) is 0.211. The Kier molecular flexibility index (Phi) is 4.06. The molecule has 0 fully saturated rings. The number of hydrogen-bond donors (Lipinski definition) is 0. The van der Waals surface area contributed by atoms with E-state index in [1.807, 2.05) is 49.4 Å². The van der Waals surface area contributed by atoms with Crippen LogP contribution in [0.2, 0.25) is 0 Å². The van der Waals surface area contributed by atoms with E-state index in [-0.39, 0.29) is 11.9 Å². The zero-order valence-corrected chi connectivity index (χ0v) is 13.4. The highest BCUT2D eigenvalue weighted by Gasteiger charge is 2.23. The second kappa shape index (κ2) is 6.16. The van der Waals surface area contributed by atoms with Crippen LogP contribution < -0.4 is 4.74 Å². The van der Waals surface area contributed by atoms with Gasteiger partial charge in [-0.3, -0.25) is 4.79 Å². The highest BCUT2D eigenvalue weighted by atomic mass is 16.5. The van der Waals surface area contributed by atoms with Gasteiger partial charge in [0, 0.05) is 12.4 Å². The highest BCUT2D eigenvalue weighted by Crippen LogP contribution is 2.28. The van der Waals surface area contributed by atoms with E-state index in [0.717, 1.165) is 16.7 Å². The van der Waals surface area contributed by atoms with E-state index in [0.29, 0.717) is 11.3 Å². The van der Waals surface area contributed by atoms with E-state index in [2.05, 4.69) is 0 Å². The number of carbonyl (C=O) groups is 1.